The van der Waals surface area contributed by atoms with Crippen LogP contribution in [0.5, 0.6) is 5.75 Å². The Kier molecular flexibility index (Phi) is 7.00. The van der Waals surface area contributed by atoms with E-state index in [1.165, 1.54) is 11.2 Å². The quantitative estimate of drug-likeness (QED) is 0.279. The Morgan fingerprint density at radius 3 is 2.78 bits per heavy atom. The number of oxazole rings is 1. The summed E-state index contributed by atoms with van der Waals surface area (Å²) in [4.78, 5) is 22.5. The Morgan fingerprint density at radius 2 is 2.00 bits per heavy atom. The van der Waals surface area contributed by atoms with Gasteiger partial charge in [-0.1, -0.05) is 36.4 Å². The van der Waals surface area contributed by atoms with Gasteiger partial charge in [-0.2, -0.15) is 8.42 Å². The Bertz CT molecular complexity index is 1510. The van der Waals surface area contributed by atoms with Crippen molar-refractivity contribution >= 4 is 33.2 Å². The molecule has 0 unspecified atom stereocenters. The molecule has 2 aromatic carbocycles. The van der Waals surface area contributed by atoms with Gasteiger partial charge in [-0.05, 0) is 58.6 Å². The van der Waals surface area contributed by atoms with Crippen LogP contribution in [0.1, 0.15) is 29.5 Å². The summed E-state index contributed by atoms with van der Waals surface area (Å²) in [6.45, 7) is 3.28. The van der Waals surface area contributed by atoms with E-state index < -0.39 is 16.2 Å². The number of para-hydroxylation sites is 1. The van der Waals surface area contributed by atoms with Gasteiger partial charge >= 0.3 is 16.2 Å². The van der Waals surface area contributed by atoms with E-state index in [1.807, 2.05) is 36.6 Å². The first-order valence-electron chi connectivity index (χ1n) is 11.6. The molecule has 192 valence electrons. The molecule has 3 heterocycles. The van der Waals surface area contributed by atoms with Crippen LogP contribution in [0.2, 0.25) is 0 Å². The van der Waals surface area contributed by atoms with Crippen molar-refractivity contribution in [3.8, 4) is 16.5 Å². The molecule has 0 fully saturated rings. The average molecular weight is 540 g/mol. The van der Waals surface area contributed by atoms with Crippen molar-refractivity contribution in [2.45, 2.75) is 33.4 Å². The third kappa shape index (κ3) is 5.38. The van der Waals surface area contributed by atoms with Crippen LogP contribution in [0.4, 0.5) is 5.69 Å². The van der Waals surface area contributed by atoms with Gasteiger partial charge in [-0.25, -0.2) is 4.98 Å². The molecule has 0 atom stereocenters. The number of carbonyl (C=O) groups excluding carboxylic acids is 1. The van der Waals surface area contributed by atoms with Crippen LogP contribution < -0.4 is 9.04 Å². The number of aryl methyl sites for hydroxylation is 1. The molecule has 0 spiro atoms. The minimum Gasteiger partial charge on any atom is -0.487 e. The summed E-state index contributed by atoms with van der Waals surface area (Å²) < 4.78 is 40.7. The van der Waals surface area contributed by atoms with Crippen molar-refractivity contribution in [3.05, 3.63) is 88.6 Å². The van der Waals surface area contributed by atoms with E-state index >= 15 is 0 Å². The lowest BCUT2D eigenvalue weighted by molar-refractivity contribution is -0.168. The number of ether oxygens (including phenoxy) is 1. The minimum atomic E-state index is -4.14. The molecule has 5 rings (SSSR count). The van der Waals surface area contributed by atoms with E-state index in [4.69, 9.17) is 14.0 Å². The van der Waals surface area contributed by atoms with Crippen LogP contribution in [0.25, 0.3) is 10.8 Å². The van der Waals surface area contributed by atoms with E-state index in [0.717, 1.165) is 14.9 Å². The molecule has 0 radical (unpaired) electrons. The van der Waals surface area contributed by atoms with Gasteiger partial charge in [0.15, 0.2) is 0 Å². The highest BCUT2D eigenvalue weighted by Crippen LogP contribution is 2.32. The summed E-state index contributed by atoms with van der Waals surface area (Å²) in [5, 5.41) is 1.96. The highest BCUT2D eigenvalue weighted by molar-refractivity contribution is 7.90. The van der Waals surface area contributed by atoms with Gasteiger partial charge < -0.3 is 14.0 Å². The predicted molar refractivity (Wildman–Crippen MR) is 139 cm³/mol. The van der Waals surface area contributed by atoms with Gasteiger partial charge in [0.25, 0.3) is 0 Å². The molecule has 0 saturated carbocycles. The zero-order valence-corrected chi connectivity index (χ0v) is 21.9. The summed E-state index contributed by atoms with van der Waals surface area (Å²) in [6.07, 6.45) is 0.586. The molecule has 9 nitrogen and oxygen atoms in total. The molecular formula is C26H25N3O6S2. The van der Waals surface area contributed by atoms with Crippen LogP contribution in [0.15, 0.2) is 70.5 Å². The molecule has 37 heavy (non-hydrogen) atoms. The number of hydroxylamine groups is 1. The molecular weight excluding hydrogens is 514 g/mol. The van der Waals surface area contributed by atoms with E-state index in [1.54, 1.807) is 47.7 Å². The van der Waals surface area contributed by atoms with Crippen molar-refractivity contribution < 1.29 is 27.2 Å². The number of carbonyl (C=O) groups is 1. The Morgan fingerprint density at radius 1 is 1.16 bits per heavy atom. The maximum absolute atomic E-state index is 13.5. The average Bonchev–Trinajstić information content (AvgIpc) is 3.62. The number of rotatable bonds is 9. The van der Waals surface area contributed by atoms with Crippen LogP contribution in [0.3, 0.4) is 0 Å². The highest BCUT2D eigenvalue weighted by atomic mass is 32.2. The third-order valence-electron chi connectivity index (χ3n) is 5.82. The fraction of sp³-hybridized carbons (Fsp3) is 0.231. The first-order chi connectivity index (χ1) is 17.8. The standard InChI is InChI=1S/C26H25N3O6S2/c1-18-23(27-26(34-18)25-11-6-14-36-25)17-33-22-9-5-7-20(15-22)16-29(35-19(2)30)37(31,32)28-13-12-21-8-3-4-10-24(21)28/h3-11,14-15H,12-13,16-17H2,1-2H3. The molecule has 11 heteroatoms. The van der Waals surface area contributed by atoms with Crippen molar-refractivity contribution in [2.75, 3.05) is 10.8 Å². The van der Waals surface area contributed by atoms with E-state index in [0.29, 0.717) is 40.8 Å². The summed E-state index contributed by atoms with van der Waals surface area (Å²) in [7, 11) is -4.14. The van der Waals surface area contributed by atoms with E-state index in [9.17, 15) is 13.2 Å². The monoisotopic (exact) mass is 539 g/mol. The highest BCUT2D eigenvalue weighted by Gasteiger charge is 2.36. The Balaban J connectivity index is 1.32. The molecule has 4 aromatic rings. The van der Waals surface area contributed by atoms with Crippen molar-refractivity contribution in [1.29, 1.82) is 0 Å². The van der Waals surface area contributed by atoms with E-state index in [2.05, 4.69) is 4.98 Å². The number of fused-ring (bicyclic) bond motifs is 1. The predicted octanol–water partition coefficient (Wildman–Crippen LogP) is 4.88. The number of nitrogens with zero attached hydrogens (tertiary/aromatic N) is 3. The summed E-state index contributed by atoms with van der Waals surface area (Å²) >= 11 is 1.54. The maximum Gasteiger partial charge on any atom is 0.335 e. The number of anilines is 1. The topological polar surface area (TPSA) is 102 Å². The van der Waals surface area contributed by atoms with Crippen molar-refractivity contribution in [3.63, 3.8) is 0 Å². The molecule has 2 aromatic heterocycles. The molecule has 0 amide bonds. The second kappa shape index (κ2) is 10.4. The fourth-order valence-corrected chi connectivity index (χ4v) is 6.19. The zero-order chi connectivity index (χ0) is 26.0. The number of aromatic nitrogens is 1. The summed E-state index contributed by atoms with van der Waals surface area (Å²) in [6, 6.07) is 18.1. The molecule has 0 N–H and O–H groups in total. The Labute approximate surface area is 219 Å². The minimum absolute atomic E-state index is 0.177. The van der Waals surface area contributed by atoms with Gasteiger partial charge in [0, 0.05) is 13.5 Å². The zero-order valence-electron chi connectivity index (χ0n) is 20.3. The fourth-order valence-electron chi connectivity index (χ4n) is 4.06. The first-order valence-corrected chi connectivity index (χ1v) is 13.9. The lowest BCUT2D eigenvalue weighted by Crippen LogP contribution is -2.43. The Hall–Kier alpha value is -3.67. The molecule has 0 bridgehead atoms. The largest absolute Gasteiger partial charge is 0.487 e. The maximum atomic E-state index is 13.5. The van der Waals surface area contributed by atoms with Gasteiger partial charge in [0.2, 0.25) is 5.89 Å². The SMILES string of the molecule is CC(=O)ON(Cc1cccc(OCc2nc(-c3cccs3)oc2C)c1)S(=O)(=O)N1CCc2ccccc21. The number of hydrogen-bond donors (Lipinski definition) is 0. The van der Waals surface area contributed by atoms with Gasteiger partial charge in [0.05, 0.1) is 17.1 Å². The number of thiophene rings is 1. The molecule has 1 aliphatic heterocycles. The lowest BCUT2D eigenvalue weighted by atomic mass is 10.2. The molecule has 1 aliphatic rings. The van der Waals surface area contributed by atoms with Crippen LogP contribution in [-0.2, 0) is 39.4 Å². The summed E-state index contributed by atoms with van der Waals surface area (Å²) in [5.41, 5.74) is 2.77. The third-order valence-corrected chi connectivity index (χ3v) is 8.33. The van der Waals surface area contributed by atoms with Crippen LogP contribution >= 0.6 is 11.3 Å². The van der Waals surface area contributed by atoms with Gasteiger partial charge in [0.1, 0.15) is 23.8 Å². The van der Waals surface area contributed by atoms with Gasteiger partial charge in [-0.3, -0.25) is 9.10 Å². The van der Waals surface area contributed by atoms with E-state index in [-0.39, 0.29) is 19.7 Å². The van der Waals surface area contributed by atoms with Crippen LogP contribution in [-0.4, -0.2) is 30.4 Å². The second-order valence-electron chi connectivity index (χ2n) is 8.44. The smallest absolute Gasteiger partial charge is 0.335 e. The lowest BCUT2D eigenvalue weighted by Gasteiger charge is -2.27. The van der Waals surface area contributed by atoms with Crippen LogP contribution in [0, 0.1) is 6.92 Å². The number of benzene rings is 2. The molecule has 0 aliphatic carbocycles. The van der Waals surface area contributed by atoms with Gasteiger partial charge in [-0.15, -0.1) is 11.3 Å². The molecule has 0 saturated heterocycles. The normalized spacial score (nSPS) is 13.1. The van der Waals surface area contributed by atoms with Crippen molar-refractivity contribution in [2.24, 2.45) is 0 Å². The second-order valence-corrected chi connectivity index (χ2v) is 11.1. The number of hydrogen-bond acceptors (Lipinski definition) is 8. The van der Waals surface area contributed by atoms with Crippen molar-refractivity contribution in [1.82, 2.24) is 9.45 Å². The summed E-state index contributed by atoms with van der Waals surface area (Å²) in [5.74, 6) is 0.999. The first kappa shape index (κ1) is 25.0.